The second-order valence-corrected chi connectivity index (χ2v) is 4.18. The lowest BCUT2D eigenvalue weighted by Crippen LogP contribution is -2.35. The quantitative estimate of drug-likeness (QED) is 0.790. The molecular weight excluding hydrogens is 223 g/mol. The first-order chi connectivity index (χ1) is 7.63. The predicted molar refractivity (Wildman–Crippen MR) is 70.1 cm³/mol. The molecule has 0 heterocycles. The van der Waals surface area contributed by atoms with Gasteiger partial charge in [0.2, 0.25) is 0 Å². The molecule has 0 radical (unpaired) electrons. The molecule has 0 aromatic heterocycles. The third kappa shape index (κ3) is 4.14. The Morgan fingerprint density at radius 1 is 1.44 bits per heavy atom. The van der Waals surface area contributed by atoms with E-state index in [4.69, 9.17) is 12.2 Å². The van der Waals surface area contributed by atoms with Crippen LogP contribution < -0.4 is 10.6 Å². The molecule has 1 aromatic rings. The Bertz CT molecular complexity index is 355. The van der Waals surface area contributed by atoms with Gasteiger partial charge in [-0.1, -0.05) is 25.5 Å². The molecule has 0 aliphatic heterocycles. The Kier molecular flexibility index (Phi) is 5.19. The number of thiocarbonyl (C=S) groups is 1. The molecule has 0 spiro atoms. The summed E-state index contributed by atoms with van der Waals surface area (Å²) in [6.45, 7) is 4.17. The van der Waals surface area contributed by atoms with Crippen molar-refractivity contribution in [3.8, 4) is 0 Å². The van der Waals surface area contributed by atoms with E-state index in [1.165, 1.54) is 6.07 Å². The summed E-state index contributed by atoms with van der Waals surface area (Å²) in [7, 11) is 0. The Morgan fingerprint density at radius 2 is 2.12 bits per heavy atom. The summed E-state index contributed by atoms with van der Waals surface area (Å²) in [5.41, 5.74) is 0.406. The van der Waals surface area contributed by atoms with Crippen LogP contribution in [0.1, 0.15) is 26.7 Å². The van der Waals surface area contributed by atoms with Crippen molar-refractivity contribution in [1.82, 2.24) is 5.32 Å². The van der Waals surface area contributed by atoms with Crippen molar-refractivity contribution < 1.29 is 4.39 Å². The fourth-order valence-electron chi connectivity index (χ4n) is 1.45. The molecule has 1 rings (SSSR count). The monoisotopic (exact) mass is 240 g/mol. The second kappa shape index (κ2) is 6.43. The normalized spacial score (nSPS) is 11.9. The van der Waals surface area contributed by atoms with E-state index in [0.717, 1.165) is 12.8 Å². The van der Waals surface area contributed by atoms with Crippen LogP contribution in [0.2, 0.25) is 0 Å². The molecule has 2 N–H and O–H groups in total. The van der Waals surface area contributed by atoms with Crippen molar-refractivity contribution in [1.29, 1.82) is 0 Å². The maximum Gasteiger partial charge on any atom is 0.171 e. The molecule has 2 nitrogen and oxygen atoms in total. The van der Waals surface area contributed by atoms with Crippen LogP contribution >= 0.6 is 12.2 Å². The third-order valence-electron chi connectivity index (χ3n) is 2.22. The van der Waals surface area contributed by atoms with Crippen molar-refractivity contribution in [2.75, 3.05) is 5.32 Å². The van der Waals surface area contributed by atoms with Crippen LogP contribution in [0.15, 0.2) is 24.3 Å². The molecule has 0 saturated carbocycles. The van der Waals surface area contributed by atoms with E-state index in [1.807, 2.05) is 0 Å². The van der Waals surface area contributed by atoms with Gasteiger partial charge in [0.15, 0.2) is 5.11 Å². The van der Waals surface area contributed by atoms with Gasteiger partial charge in [-0.2, -0.15) is 0 Å². The van der Waals surface area contributed by atoms with Gasteiger partial charge in [-0.25, -0.2) is 4.39 Å². The van der Waals surface area contributed by atoms with E-state index in [2.05, 4.69) is 24.5 Å². The molecule has 0 aliphatic carbocycles. The summed E-state index contributed by atoms with van der Waals surface area (Å²) in [4.78, 5) is 0. The van der Waals surface area contributed by atoms with Crippen LogP contribution in [0.25, 0.3) is 0 Å². The highest BCUT2D eigenvalue weighted by atomic mass is 32.1. The fourth-order valence-corrected chi connectivity index (χ4v) is 1.76. The lowest BCUT2D eigenvalue weighted by Gasteiger charge is -2.16. The molecule has 0 amide bonds. The third-order valence-corrected chi connectivity index (χ3v) is 2.44. The van der Waals surface area contributed by atoms with Crippen LogP contribution in [-0.4, -0.2) is 11.2 Å². The zero-order valence-electron chi connectivity index (χ0n) is 9.59. The van der Waals surface area contributed by atoms with Crippen LogP contribution in [0.3, 0.4) is 0 Å². The number of hydrogen-bond acceptors (Lipinski definition) is 1. The summed E-state index contributed by atoms with van der Waals surface area (Å²) in [6, 6.07) is 6.78. The first-order valence-electron chi connectivity index (χ1n) is 5.45. The van der Waals surface area contributed by atoms with Crippen LogP contribution in [0.4, 0.5) is 10.1 Å². The van der Waals surface area contributed by atoms with Crippen LogP contribution in [0, 0.1) is 5.82 Å². The molecule has 0 bridgehead atoms. The number of para-hydroxylation sites is 1. The number of benzene rings is 1. The number of nitrogens with one attached hydrogen (secondary N) is 2. The van der Waals surface area contributed by atoms with E-state index in [-0.39, 0.29) is 5.82 Å². The molecule has 4 heteroatoms. The molecule has 0 saturated heterocycles. The van der Waals surface area contributed by atoms with Gasteiger partial charge in [0, 0.05) is 6.04 Å². The summed E-state index contributed by atoms with van der Waals surface area (Å²) >= 11 is 5.10. The fraction of sp³-hybridized carbons (Fsp3) is 0.417. The van der Waals surface area contributed by atoms with Crippen molar-refractivity contribution >= 4 is 23.0 Å². The van der Waals surface area contributed by atoms with Crippen molar-refractivity contribution in [2.24, 2.45) is 0 Å². The average molecular weight is 240 g/mol. The highest BCUT2D eigenvalue weighted by Crippen LogP contribution is 2.12. The van der Waals surface area contributed by atoms with E-state index in [0.29, 0.717) is 16.8 Å². The van der Waals surface area contributed by atoms with Crippen LogP contribution in [0.5, 0.6) is 0 Å². The minimum absolute atomic E-state index is 0.296. The van der Waals surface area contributed by atoms with E-state index >= 15 is 0 Å². The van der Waals surface area contributed by atoms with Crippen LogP contribution in [-0.2, 0) is 0 Å². The molecule has 16 heavy (non-hydrogen) atoms. The zero-order valence-corrected chi connectivity index (χ0v) is 10.4. The molecule has 0 fully saturated rings. The summed E-state index contributed by atoms with van der Waals surface area (Å²) in [5.74, 6) is -0.296. The Balaban J connectivity index is 2.49. The molecular formula is C12H17FN2S. The lowest BCUT2D eigenvalue weighted by atomic mass is 10.2. The Hall–Kier alpha value is -1.16. The van der Waals surface area contributed by atoms with Gasteiger partial charge in [0.05, 0.1) is 5.69 Å². The number of halogens is 1. The van der Waals surface area contributed by atoms with Crippen molar-refractivity contribution in [2.45, 2.75) is 32.7 Å². The van der Waals surface area contributed by atoms with Gasteiger partial charge in [-0.15, -0.1) is 0 Å². The van der Waals surface area contributed by atoms with Gasteiger partial charge >= 0.3 is 0 Å². The first kappa shape index (κ1) is 12.9. The number of rotatable bonds is 4. The topological polar surface area (TPSA) is 24.1 Å². The van der Waals surface area contributed by atoms with Gasteiger partial charge < -0.3 is 10.6 Å². The maximum atomic E-state index is 13.3. The number of anilines is 1. The average Bonchev–Trinajstić information content (AvgIpc) is 2.21. The Labute approximate surface area is 101 Å². The number of hydrogen-bond donors (Lipinski definition) is 2. The Morgan fingerprint density at radius 3 is 2.75 bits per heavy atom. The molecule has 1 aromatic carbocycles. The lowest BCUT2D eigenvalue weighted by molar-refractivity contribution is 0.598. The van der Waals surface area contributed by atoms with Gasteiger partial charge in [0.25, 0.3) is 0 Å². The maximum absolute atomic E-state index is 13.3. The van der Waals surface area contributed by atoms with Crippen molar-refractivity contribution in [3.05, 3.63) is 30.1 Å². The van der Waals surface area contributed by atoms with E-state index in [1.54, 1.807) is 18.2 Å². The minimum Gasteiger partial charge on any atom is -0.360 e. The first-order valence-corrected chi connectivity index (χ1v) is 5.86. The van der Waals surface area contributed by atoms with Crippen molar-refractivity contribution in [3.63, 3.8) is 0 Å². The largest absolute Gasteiger partial charge is 0.360 e. The van der Waals surface area contributed by atoms with E-state index < -0.39 is 0 Å². The standard InChI is InChI=1S/C12H17FN2S/c1-3-6-9(2)14-12(16)15-11-8-5-4-7-10(11)13/h4-5,7-9H,3,6H2,1-2H3,(H2,14,15,16)/t9-/m1/s1. The summed E-state index contributed by atoms with van der Waals surface area (Å²) in [6.07, 6.45) is 2.13. The summed E-state index contributed by atoms with van der Waals surface area (Å²) in [5, 5.41) is 6.42. The molecule has 0 aliphatic rings. The predicted octanol–water partition coefficient (Wildman–Crippen LogP) is 3.30. The molecule has 0 unspecified atom stereocenters. The smallest absolute Gasteiger partial charge is 0.171 e. The molecule has 88 valence electrons. The highest BCUT2D eigenvalue weighted by Gasteiger charge is 2.05. The van der Waals surface area contributed by atoms with Gasteiger partial charge in [0.1, 0.15) is 5.82 Å². The summed E-state index contributed by atoms with van der Waals surface area (Å²) < 4.78 is 13.3. The minimum atomic E-state index is -0.296. The SMILES string of the molecule is CCC[C@@H](C)NC(=S)Nc1ccccc1F. The highest BCUT2D eigenvalue weighted by molar-refractivity contribution is 7.80. The van der Waals surface area contributed by atoms with Gasteiger partial charge in [-0.05, 0) is 37.7 Å². The zero-order chi connectivity index (χ0) is 12.0. The molecule has 1 atom stereocenters. The van der Waals surface area contributed by atoms with E-state index in [9.17, 15) is 4.39 Å². The second-order valence-electron chi connectivity index (χ2n) is 3.77. The van der Waals surface area contributed by atoms with Gasteiger partial charge in [-0.3, -0.25) is 0 Å².